The van der Waals surface area contributed by atoms with Crippen LogP contribution >= 0.6 is 0 Å². The fourth-order valence-electron chi connectivity index (χ4n) is 1.89. The van der Waals surface area contributed by atoms with E-state index < -0.39 is 16.6 Å². The van der Waals surface area contributed by atoms with Crippen LogP contribution in [-0.2, 0) is 11.4 Å². The minimum atomic E-state index is -0.789. The molecule has 0 fully saturated rings. The quantitative estimate of drug-likeness (QED) is 0.314. The number of halogens is 2. The van der Waals surface area contributed by atoms with Crippen molar-refractivity contribution in [3.63, 3.8) is 0 Å². The summed E-state index contributed by atoms with van der Waals surface area (Å²) in [6, 6.07) is 3.06. The van der Waals surface area contributed by atoms with E-state index in [2.05, 4.69) is 27.0 Å². The van der Waals surface area contributed by atoms with Gasteiger partial charge in [0.25, 0.3) is 0 Å². The number of benzene rings is 1. The Kier molecular flexibility index (Phi) is 6.25. The first-order valence-electron chi connectivity index (χ1n) is 7.39. The zero-order chi connectivity index (χ0) is 20.0. The maximum Gasteiger partial charge on any atom is 0.317 e. The normalized spacial score (nSPS) is 11.6. The van der Waals surface area contributed by atoms with Gasteiger partial charge in [-0.05, 0) is 23.6 Å². The molecule has 10 nitrogen and oxygen atoms in total. The lowest BCUT2D eigenvalue weighted by Gasteiger charge is -2.10. The standard InChI is InChI=1S/C15H15F2N7O3/c1-10(24(25)26)22(3)15(18-2)7-19-27-9-12-8-23(21-20-12)14-5-4-11(16)6-13(14)17/h4-8H,1,9H2,2-3H3. The summed E-state index contributed by atoms with van der Waals surface area (Å²) in [5, 5.41) is 21.9. The number of oxime groups is 1. The van der Waals surface area contributed by atoms with Crippen molar-refractivity contribution in [3.05, 3.63) is 64.2 Å². The van der Waals surface area contributed by atoms with Crippen molar-refractivity contribution in [2.24, 2.45) is 10.1 Å². The Bertz CT molecular complexity index is 911. The maximum absolute atomic E-state index is 13.7. The summed E-state index contributed by atoms with van der Waals surface area (Å²) in [4.78, 5) is 20.0. The number of rotatable bonds is 7. The van der Waals surface area contributed by atoms with Gasteiger partial charge in [0.2, 0.25) is 5.84 Å². The van der Waals surface area contributed by atoms with Gasteiger partial charge in [-0.3, -0.25) is 0 Å². The first-order chi connectivity index (χ1) is 12.8. The van der Waals surface area contributed by atoms with Gasteiger partial charge in [0, 0.05) is 13.1 Å². The molecule has 2 rings (SSSR count). The Hall–Kier alpha value is -3.70. The summed E-state index contributed by atoms with van der Waals surface area (Å²) in [6.07, 6.45) is 2.56. The molecule has 0 aliphatic carbocycles. The Morgan fingerprint density at radius 2 is 2.26 bits per heavy atom. The van der Waals surface area contributed by atoms with Gasteiger partial charge in [0.05, 0.1) is 13.2 Å². The fourth-order valence-corrected chi connectivity index (χ4v) is 1.89. The van der Waals surface area contributed by atoms with Gasteiger partial charge in [-0.1, -0.05) is 10.4 Å². The molecule has 0 amide bonds. The van der Waals surface area contributed by atoms with Crippen LogP contribution in [0.5, 0.6) is 0 Å². The summed E-state index contributed by atoms with van der Waals surface area (Å²) >= 11 is 0. The number of hydrogen-bond acceptors (Lipinski definition) is 7. The van der Waals surface area contributed by atoms with Crippen LogP contribution in [0.1, 0.15) is 5.69 Å². The molecule has 0 saturated heterocycles. The number of aromatic nitrogens is 3. The van der Waals surface area contributed by atoms with Crippen molar-refractivity contribution in [1.82, 2.24) is 19.9 Å². The molecule has 1 aromatic heterocycles. The summed E-state index contributed by atoms with van der Waals surface area (Å²) in [5.41, 5.74) is 0.355. The van der Waals surface area contributed by atoms with Crippen LogP contribution in [0.15, 0.2) is 46.9 Å². The van der Waals surface area contributed by atoms with E-state index in [1.165, 1.54) is 32.6 Å². The molecular formula is C15H15F2N7O3. The van der Waals surface area contributed by atoms with Gasteiger partial charge < -0.3 is 15.0 Å². The van der Waals surface area contributed by atoms with Crippen LogP contribution in [0.4, 0.5) is 8.78 Å². The number of hydrogen-bond donors (Lipinski definition) is 0. The lowest BCUT2D eigenvalue weighted by atomic mass is 10.3. The van der Waals surface area contributed by atoms with Crippen molar-refractivity contribution < 1.29 is 18.5 Å². The van der Waals surface area contributed by atoms with Gasteiger partial charge in [0.15, 0.2) is 12.4 Å². The predicted molar refractivity (Wildman–Crippen MR) is 91.8 cm³/mol. The molecule has 0 spiro atoms. The number of aliphatic imine (C=N–C) groups is 1. The van der Waals surface area contributed by atoms with Crippen molar-refractivity contribution >= 4 is 12.1 Å². The molecule has 0 radical (unpaired) electrons. The molecular weight excluding hydrogens is 364 g/mol. The first-order valence-corrected chi connectivity index (χ1v) is 7.39. The molecule has 27 heavy (non-hydrogen) atoms. The van der Waals surface area contributed by atoms with E-state index in [0.29, 0.717) is 5.69 Å². The van der Waals surface area contributed by atoms with Crippen molar-refractivity contribution in [1.29, 1.82) is 0 Å². The van der Waals surface area contributed by atoms with Crippen LogP contribution in [0.25, 0.3) is 5.69 Å². The molecule has 0 saturated carbocycles. The third-order valence-corrected chi connectivity index (χ3v) is 3.32. The van der Waals surface area contributed by atoms with E-state index in [9.17, 15) is 18.9 Å². The predicted octanol–water partition coefficient (Wildman–Crippen LogP) is 1.76. The second kappa shape index (κ2) is 8.60. The van der Waals surface area contributed by atoms with Gasteiger partial charge >= 0.3 is 5.82 Å². The van der Waals surface area contributed by atoms with Crippen LogP contribution in [-0.4, -0.2) is 51.0 Å². The second-order valence-corrected chi connectivity index (χ2v) is 5.07. The molecule has 12 heteroatoms. The molecule has 142 valence electrons. The number of nitro groups is 1. The van der Waals surface area contributed by atoms with Gasteiger partial charge in [-0.2, -0.15) is 0 Å². The Labute approximate surface area is 152 Å². The zero-order valence-electron chi connectivity index (χ0n) is 14.4. The second-order valence-electron chi connectivity index (χ2n) is 5.07. The Morgan fingerprint density at radius 1 is 1.52 bits per heavy atom. The average molecular weight is 379 g/mol. The van der Waals surface area contributed by atoms with Crippen LogP contribution in [0.3, 0.4) is 0 Å². The van der Waals surface area contributed by atoms with Gasteiger partial charge in [-0.15, -0.1) is 5.10 Å². The van der Waals surface area contributed by atoms with Crippen molar-refractivity contribution in [2.75, 3.05) is 14.1 Å². The van der Waals surface area contributed by atoms with Crippen molar-refractivity contribution in [3.8, 4) is 5.69 Å². The lowest BCUT2D eigenvalue weighted by molar-refractivity contribution is -0.440. The SMILES string of the molecule is C=C(N(C)C(C=NOCc1cn(-c2ccc(F)cc2F)nn1)=NC)[N+](=O)[O-]. The molecule has 0 bridgehead atoms. The van der Waals surface area contributed by atoms with E-state index in [1.54, 1.807) is 0 Å². The van der Waals surface area contributed by atoms with Gasteiger partial charge in [0.1, 0.15) is 23.4 Å². The number of amidine groups is 1. The third-order valence-electron chi connectivity index (χ3n) is 3.32. The van der Waals surface area contributed by atoms with Crippen LogP contribution in [0.2, 0.25) is 0 Å². The largest absolute Gasteiger partial charge is 0.389 e. The third kappa shape index (κ3) is 4.90. The minimum absolute atomic E-state index is 0.0268. The molecule has 0 N–H and O–H groups in total. The molecule has 0 aliphatic heterocycles. The van der Waals surface area contributed by atoms with E-state index >= 15 is 0 Å². The maximum atomic E-state index is 13.7. The monoisotopic (exact) mass is 379 g/mol. The molecule has 2 aromatic rings. The van der Waals surface area contributed by atoms with Gasteiger partial charge in [-0.25, -0.2) is 23.4 Å². The summed E-state index contributed by atoms with van der Waals surface area (Å²) in [5.74, 6) is -1.73. The van der Waals surface area contributed by atoms with Crippen LogP contribution < -0.4 is 0 Å². The van der Waals surface area contributed by atoms with E-state index in [4.69, 9.17) is 4.84 Å². The highest BCUT2D eigenvalue weighted by atomic mass is 19.1. The topological polar surface area (TPSA) is 111 Å². The number of nitrogens with zero attached hydrogens (tertiary/aromatic N) is 7. The fraction of sp³-hybridized carbons (Fsp3) is 0.200. The summed E-state index contributed by atoms with van der Waals surface area (Å²) < 4.78 is 27.8. The van der Waals surface area contributed by atoms with E-state index in [-0.39, 0.29) is 24.0 Å². The summed E-state index contributed by atoms with van der Waals surface area (Å²) in [6.45, 7) is 3.21. The zero-order valence-corrected chi connectivity index (χ0v) is 14.4. The molecule has 0 unspecified atom stereocenters. The highest BCUT2D eigenvalue weighted by Crippen LogP contribution is 2.14. The average Bonchev–Trinajstić information content (AvgIpc) is 3.09. The summed E-state index contributed by atoms with van der Waals surface area (Å²) in [7, 11) is 2.83. The molecule has 0 aliphatic rings. The first kappa shape index (κ1) is 19.6. The van der Waals surface area contributed by atoms with Crippen molar-refractivity contribution in [2.45, 2.75) is 6.61 Å². The van der Waals surface area contributed by atoms with Crippen LogP contribution in [0, 0.1) is 21.7 Å². The smallest absolute Gasteiger partial charge is 0.317 e. The highest BCUT2D eigenvalue weighted by molar-refractivity contribution is 6.29. The minimum Gasteiger partial charge on any atom is -0.389 e. The molecule has 0 atom stereocenters. The highest BCUT2D eigenvalue weighted by Gasteiger charge is 2.18. The van der Waals surface area contributed by atoms with E-state index in [0.717, 1.165) is 21.7 Å². The lowest BCUT2D eigenvalue weighted by Crippen LogP contribution is -2.30. The molecule has 1 aromatic carbocycles. The molecule has 1 heterocycles. The Morgan fingerprint density at radius 3 is 2.89 bits per heavy atom. The Balaban J connectivity index is 1.97. The van der Waals surface area contributed by atoms with E-state index in [1.807, 2.05) is 0 Å².